The maximum atomic E-state index is 5.88. The van der Waals surface area contributed by atoms with Gasteiger partial charge in [0.05, 0.1) is 12.3 Å². The van der Waals surface area contributed by atoms with Crippen LogP contribution in [0.25, 0.3) is 0 Å². The zero-order chi connectivity index (χ0) is 13.8. The highest BCUT2D eigenvalue weighted by molar-refractivity contribution is 7.09. The van der Waals surface area contributed by atoms with E-state index >= 15 is 0 Å². The lowest BCUT2D eigenvalue weighted by atomic mass is 10.2. The van der Waals surface area contributed by atoms with E-state index in [0.29, 0.717) is 0 Å². The molecule has 3 heterocycles. The van der Waals surface area contributed by atoms with Gasteiger partial charge in [0.15, 0.2) is 0 Å². The van der Waals surface area contributed by atoms with Crippen molar-refractivity contribution in [2.75, 3.05) is 32.1 Å². The van der Waals surface area contributed by atoms with E-state index in [4.69, 9.17) is 4.74 Å². The van der Waals surface area contributed by atoms with Crippen molar-refractivity contribution in [3.8, 4) is 0 Å². The van der Waals surface area contributed by atoms with Crippen LogP contribution in [-0.2, 0) is 11.3 Å². The van der Waals surface area contributed by atoms with Crippen molar-refractivity contribution in [1.82, 2.24) is 9.88 Å². The molecule has 106 valence electrons. The zero-order valence-electron chi connectivity index (χ0n) is 11.6. The van der Waals surface area contributed by atoms with Crippen LogP contribution in [0.2, 0.25) is 0 Å². The molecule has 0 aliphatic carbocycles. The van der Waals surface area contributed by atoms with Crippen molar-refractivity contribution < 1.29 is 4.74 Å². The number of nitrogens with zero attached hydrogens (tertiary/aromatic N) is 2. The molecule has 1 aliphatic rings. The van der Waals surface area contributed by atoms with Crippen LogP contribution in [-0.4, -0.2) is 36.6 Å². The summed E-state index contributed by atoms with van der Waals surface area (Å²) in [5.74, 6) is 0.890. The van der Waals surface area contributed by atoms with Gasteiger partial charge in [-0.15, -0.1) is 11.3 Å². The first-order valence-corrected chi connectivity index (χ1v) is 7.74. The lowest BCUT2D eigenvalue weighted by Crippen LogP contribution is -2.37. The van der Waals surface area contributed by atoms with Gasteiger partial charge in [-0.2, -0.15) is 0 Å². The van der Waals surface area contributed by atoms with Gasteiger partial charge >= 0.3 is 0 Å². The minimum atomic E-state index is 0.0667. The van der Waals surface area contributed by atoms with Gasteiger partial charge in [-0.05, 0) is 23.6 Å². The van der Waals surface area contributed by atoms with Crippen molar-refractivity contribution in [1.29, 1.82) is 0 Å². The van der Waals surface area contributed by atoms with Crippen molar-refractivity contribution in [2.45, 2.75) is 12.6 Å². The molecule has 1 aliphatic heterocycles. The molecule has 4 nitrogen and oxygen atoms in total. The summed E-state index contributed by atoms with van der Waals surface area (Å²) in [7, 11) is 1.89. The fourth-order valence-electron chi connectivity index (χ4n) is 2.42. The molecule has 0 saturated carbocycles. The van der Waals surface area contributed by atoms with Gasteiger partial charge in [0.25, 0.3) is 0 Å². The number of rotatable bonds is 4. The minimum absolute atomic E-state index is 0.0667. The fourth-order valence-corrected chi connectivity index (χ4v) is 3.16. The van der Waals surface area contributed by atoms with E-state index < -0.39 is 0 Å². The summed E-state index contributed by atoms with van der Waals surface area (Å²) in [5.41, 5.74) is 1.01. The third kappa shape index (κ3) is 3.17. The molecule has 1 unspecified atom stereocenters. The van der Waals surface area contributed by atoms with Crippen LogP contribution in [0, 0.1) is 0 Å². The minimum Gasteiger partial charge on any atom is -0.373 e. The van der Waals surface area contributed by atoms with Crippen LogP contribution in [0.5, 0.6) is 0 Å². The molecule has 1 atom stereocenters. The summed E-state index contributed by atoms with van der Waals surface area (Å²) in [6.45, 7) is 3.66. The average Bonchev–Trinajstić information content (AvgIpc) is 3.00. The Morgan fingerprint density at radius 1 is 1.40 bits per heavy atom. The van der Waals surface area contributed by atoms with Crippen LogP contribution >= 0.6 is 11.3 Å². The van der Waals surface area contributed by atoms with E-state index in [1.165, 1.54) is 4.88 Å². The van der Waals surface area contributed by atoms with Crippen LogP contribution in [0.3, 0.4) is 0 Å². The van der Waals surface area contributed by atoms with Crippen LogP contribution in [0.4, 0.5) is 5.82 Å². The molecule has 3 rings (SSSR count). The van der Waals surface area contributed by atoms with Crippen molar-refractivity contribution >= 4 is 17.2 Å². The molecule has 0 spiro atoms. The largest absolute Gasteiger partial charge is 0.373 e. The zero-order valence-corrected chi connectivity index (χ0v) is 12.4. The third-order valence-corrected chi connectivity index (χ3v) is 4.33. The smallest absolute Gasteiger partial charge is 0.126 e. The number of nitrogens with one attached hydrogen (secondary N) is 1. The Morgan fingerprint density at radius 2 is 2.35 bits per heavy atom. The molecule has 5 heteroatoms. The number of ether oxygens (including phenoxy) is 1. The van der Waals surface area contributed by atoms with Gasteiger partial charge in [-0.1, -0.05) is 12.1 Å². The highest BCUT2D eigenvalue weighted by Gasteiger charge is 2.23. The predicted molar refractivity (Wildman–Crippen MR) is 82.1 cm³/mol. The molecule has 1 saturated heterocycles. The van der Waals surface area contributed by atoms with Gasteiger partial charge in [0.2, 0.25) is 0 Å². The second kappa shape index (κ2) is 6.35. The van der Waals surface area contributed by atoms with E-state index in [9.17, 15) is 0 Å². The topological polar surface area (TPSA) is 37.4 Å². The van der Waals surface area contributed by atoms with Crippen LogP contribution in [0.1, 0.15) is 16.7 Å². The van der Waals surface area contributed by atoms with E-state index in [-0.39, 0.29) is 6.10 Å². The van der Waals surface area contributed by atoms with Crippen LogP contribution < -0.4 is 5.32 Å². The molecule has 1 N–H and O–H groups in total. The van der Waals surface area contributed by atoms with Gasteiger partial charge in [-0.25, -0.2) is 4.98 Å². The molecule has 0 radical (unpaired) electrons. The van der Waals surface area contributed by atoms with E-state index in [1.807, 2.05) is 36.6 Å². The van der Waals surface area contributed by atoms with Gasteiger partial charge in [0.1, 0.15) is 11.9 Å². The SMILES string of the molecule is CNc1cccc(C2CN(Cc3cccs3)CCO2)n1. The predicted octanol–water partition coefficient (Wildman–Crippen LogP) is 2.76. The number of hydrogen-bond donors (Lipinski definition) is 1. The Morgan fingerprint density at radius 3 is 3.15 bits per heavy atom. The Bertz CT molecular complexity index is 544. The molecule has 0 amide bonds. The fraction of sp³-hybridized carbons (Fsp3) is 0.400. The van der Waals surface area contributed by atoms with E-state index in [0.717, 1.165) is 37.8 Å². The average molecular weight is 289 g/mol. The van der Waals surface area contributed by atoms with Crippen molar-refractivity contribution in [2.24, 2.45) is 0 Å². The molecule has 2 aromatic rings. The summed E-state index contributed by atoms with van der Waals surface area (Å²) in [5, 5.41) is 5.21. The molecule has 0 aromatic carbocycles. The summed E-state index contributed by atoms with van der Waals surface area (Å²) < 4.78 is 5.88. The number of morpholine rings is 1. The monoisotopic (exact) mass is 289 g/mol. The Balaban J connectivity index is 1.68. The van der Waals surface area contributed by atoms with Gasteiger partial charge < -0.3 is 10.1 Å². The quantitative estimate of drug-likeness (QED) is 0.939. The Labute approximate surface area is 123 Å². The first-order chi connectivity index (χ1) is 9.85. The highest BCUT2D eigenvalue weighted by Crippen LogP contribution is 2.23. The molecule has 1 fully saturated rings. The normalized spacial score (nSPS) is 19.9. The number of pyridine rings is 1. The number of thiophene rings is 1. The lowest BCUT2D eigenvalue weighted by Gasteiger charge is -2.32. The number of anilines is 1. The Hall–Kier alpha value is -1.43. The Kier molecular flexibility index (Phi) is 4.30. The first kappa shape index (κ1) is 13.5. The van der Waals surface area contributed by atoms with E-state index in [1.54, 1.807) is 0 Å². The van der Waals surface area contributed by atoms with Gasteiger partial charge in [0, 0.05) is 31.6 Å². The summed E-state index contributed by atoms with van der Waals surface area (Å²) >= 11 is 1.81. The van der Waals surface area contributed by atoms with Gasteiger partial charge in [-0.3, -0.25) is 4.90 Å². The number of hydrogen-bond acceptors (Lipinski definition) is 5. The summed E-state index contributed by atoms with van der Waals surface area (Å²) in [4.78, 5) is 8.43. The second-order valence-corrected chi connectivity index (χ2v) is 5.90. The first-order valence-electron chi connectivity index (χ1n) is 6.86. The summed E-state index contributed by atoms with van der Waals surface area (Å²) in [6.07, 6.45) is 0.0667. The molecular weight excluding hydrogens is 270 g/mol. The molecular formula is C15H19N3OS. The standard InChI is InChI=1S/C15H19N3OS/c1-16-15-6-2-5-13(17-15)14-11-18(7-8-19-14)10-12-4-3-9-20-12/h2-6,9,14H,7-8,10-11H2,1H3,(H,16,17). The lowest BCUT2D eigenvalue weighted by molar-refractivity contribution is -0.0346. The number of aromatic nitrogens is 1. The highest BCUT2D eigenvalue weighted by atomic mass is 32.1. The van der Waals surface area contributed by atoms with Crippen molar-refractivity contribution in [3.05, 3.63) is 46.3 Å². The maximum absolute atomic E-state index is 5.88. The molecule has 2 aromatic heterocycles. The summed E-state index contributed by atoms with van der Waals surface area (Å²) in [6, 6.07) is 10.3. The second-order valence-electron chi connectivity index (χ2n) is 4.87. The van der Waals surface area contributed by atoms with Crippen molar-refractivity contribution in [3.63, 3.8) is 0 Å². The maximum Gasteiger partial charge on any atom is 0.126 e. The van der Waals surface area contributed by atoms with E-state index in [2.05, 4.69) is 32.7 Å². The molecule has 0 bridgehead atoms. The van der Waals surface area contributed by atoms with Crippen LogP contribution in [0.15, 0.2) is 35.7 Å². The third-order valence-electron chi connectivity index (χ3n) is 3.47. The molecule has 20 heavy (non-hydrogen) atoms.